The number of nitrogens with one attached hydrogen (secondary N) is 1. The summed E-state index contributed by atoms with van der Waals surface area (Å²) in [7, 11) is -3.86. The molecule has 208 valence electrons. The molecule has 9 heteroatoms. The first-order valence-electron chi connectivity index (χ1n) is 13.5. The Morgan fingerprint density at radius 2 is 1.64 bits per heavy atom. The molecule has 0 bridgehead atoms. The van der Waals surface area contributed by atoms with E-state index in [4.69, 9.17) is 0 Å². The normalized spacial score (nSPS) is 15.1. The third-order valence-corrected chi connectivity index (χ3v) is 8.44. The Balaban J connectivity index is 1.67. The Morgan fingerprint density at radius 1 is 0.974 bits per heavy atom. The number of carbonyl (C=O) groups excluding carboxylic acids is 2. The van der Waals surface area contributed by atoms with E-state index in [0.29, 0.717) is 23.1 Å². The van der Waals surface area contributed by atoms with Gasteiger partial charge in [0.05, 0.1) is 11.9 Å². The zero-order chi connectivity index (χ0) is 28.0. The first kappa shape index (κ1) is 28.5. The fourth-order valence-corrected chi connectivity index (χ4v) is 6.13. The Labute approximate surface area is 230 Å². The molecular formula is C30H36FN3O4S. The van der Waals surface area contributed by atoms with Crippen molar-refractivity contribution in [2.45, 2.75) is 64.1 Å². The highest BCUT2D eigenvalue weighted by Crippen LogP contribution is 2.29. The van der Waals surface area contributed by atoms with Crippen molar-refractivity contribution in [3.63, 3.8) is 0 Å². The van der Waals surface area contributed by atoms with Crippen LogP contribution in [0.25, 0.3) is 10.8 Å². The molecule has 3 aromatic carbocycles. The van der Waals surface area contributed by atoms with Crippen molar-refractivity contribution in [1.82, 2.24) is 10.2 Å². The zero-order valence-electron chi connectivity index (χ0n) is 22.5. The maximum Gasteiger partial charge on any atom is 0.244 e. The minimum absolute atomic E-state index is 0.0445. The highest BCUT2D eigenvalue weighted by atomic mass is 32.2. The fourth-order valence-electron chi connectivity index (χ4n) is 5.27. The number of fused-ring (bicyclic) bond motifs is 1. The molecule has 1 fully saturated rings. The molecule has 0 heterocycles. The van der Waals surface area contributed by atoms with Crippen LogP contribution in [-0.4, -0.2) is 50.0 Å². The molecule has 0 spiro atoms. The van der Waals surface area contributed by atoms with Crippen molar-refractivity contribution >= 4 is 38.3 Å². The van der Waals surface area contributed by atoms with Crippen LogP contribution in [0.5, 0.6) is 0 Å². The van der Waals surface area contributed by atoms with Gasteiger partial charge in [0, 0.05) is 18.0 Å². The zero-order valence-corrected chi connectivity index (χ0v) is 23.3. The molecule has 1 atom stereocenters. The summed E-state index contributed by atoms with van der Waals surface area (Å²) in [5.41, 5.74) is 1.04. The molecule has 1 aliphatic carbocycles. The van der Waals surface area contributed by atoms with E-state index >= 15 is 0 Å². The minimum atomic E-state index is -3.86. The molecule has 0 aliphatic heterocycles. The topological polar surface area (TPSA) is 86.8 Å². The Bertz CT molecular complexity index is 1400. The highest BCUT2D eigenvalue weighted by Gasteiger charge is 2.33. The minimum Gasteiger partial charge on any atom is -0.352 e. The van der Waals surface area contributed by atoms with Gasteiger partial charge in [-0.15, -0.1) is 0 Å². The fraction of sp³-hybridized carbons (Fsp3) is 0.400. The van der Waals surface area contributed by atoms with Crippen LogP contribution in [0, 0.1) is 5.82 Å². The molecule has 2 amide bonds. The van der Waals surface area contributed by atoms with Crippen molar-refractivity contribution in [2.75, 3.05) is 17.1 Å². The lowest BCUT2D eigenvalue weighted by Crippen LogP contribution is -2.54. The molecule has 0 unspecified atom stereocenters. The van der Waals surface area contributed by atoms with E-state index in [9.17, 15) is 22.4 Å². The van der Waals surface area contributed by atoms with Crippen molar-refractivity contribution in [3.8, 4) is 0 Å². The number of benzene rings is 3. The van der Waals surface area contributed by atoms with Crippen LogP contribution in [-0.2, 0) is 26.2 Å². The van der Waals surface area contributed by atoms with Crippen LogP contribution in [0.2, 0.25) is 0 Å². The molecule has 0 aromatic heterocycles. The van der Waals surface area contributed by atoms with Crippen molar-refractivity contribution < 1.29 is 22.4 Å². The summed E-state index contributed by atoms with van der Waals surface area (Å²) in [5.74, 6) is -1.17. The van der Waals surface area contributed by atoms with Crippen LogP contribution in [0.15, 0.2) is 66.7 Å². The largest absolute Gasteiger partial charge is 0.352 e. The second-order valence-corrected chi connectivity index (χ2v) is 12.1. The summed E-state index contributed by atoms with van der Waals surface area (Å²) in [4.78, 5) is 28.8. The average Bonchev–Trinajstić information content (AvgIpc) is 2.92. The van der Waals surface area contributed by atoms with Gasteiger partial charge in [-0.2, -0.15) is 0 Å². The Hall–Kier alpha value is -3.46. The van der Waals surface area contributed by atoms with Crippen LogP contribution in [0.4, 0.5) is 10.1 Å². The third kappa shape index (κ3) is 7.15. The van der Waals surface area contributed by atoms with Gasteiger partial charge in [0.1, 0.15) is 18.4 Å². The SMILES string of the molecule is CC[C@H](C(=O)NC1CCCCC1)N(Cc1ccc(F)cc1)C(=O)CN(c1cccc2ccccc12)S(C)(=O)=O. The van der Waals surface area contributed by atoms with E-state index in [0.717, 1.165) is 48.1 Å². The van der Waals surface area contributed by atoms with Crippen LogP contribution in [0.3, 0.4) is 0 Å². The second kappa shape index (κ2) is 12.6. The van der Waals surface area contributed by atoms with Gasteiger partial charge in [-0.3, -0.25) is 13.9 Å². The van der Waals surface area contributed by atoms with Gasteiger partial charge in [0.25, 0.3) is 0 Å². The first-order valence-corrected chi connectivity index (χ1v) is 15.3. The molecule has 1 N–H and O–H groups in total. The predicted molar refractivity (Wildman–Crippen MR) is 152 cm³/mol. The summed E-state index contributed by atoms with van der Waals surface area (Å²) in [6.45, 7) is 1.40. The molecular weight excluding hydrogens is 517 g/mol. The summed E-state index contributed by atoms with van der Waals surface area (Å²) >= 11 is 0. The second-order valence-electron chi connectivity index (χ2n) is 10.2. The average molecular weight is 554 g/mol. The van der Waals surface area contributed by atoms with Crippen LogP contribution >= 0.6 is 0 Å². The van der Waals surface area contributed by atoms with Gasteiger partial charge in [-0.25, -0.2) is 12.8 Å². The molecule has 0 saturated heterocycles. The van der Waals surface area contributed by atoms with Gasteiger partial charge < -0.3 is 10.2 Å². The summed E-state index contributed by atoms with van der Waals surface area (Å²) in [6.07, 6.45) is 6.46. The summed E-state index contributed by atoms with van der Waals surface area (Å²) < 4.78 is 40.7. The summed E-state index contributed by atoms with van der Waals surface area (Å²) in [5, 5.41) is 4.66. The maximum absolute atomic E-state index is 13.9. The number of anilines is 1. The molecule has 1 saturated carbocycles. The monoisotopic (exact) mass is 553 g/mol. The maximum atomic E-state index is 13.9. The lowest BCUT2D eigenvalue weighted by molar-refractivity contribution is -0.140. The number of carbonyl (C=O) groups is 2. The standard InChI is InChI=1S/C30H36FN3O4S/c1-3-27(30(36)32-25-12-5-4-6-13-25)33(20-22-16-18-24(31)19-17-22)29(35)21-34(39(2,37)38)28-15-9-11-23-10-7-8-14-26(23)28/h7-11,14-19,25,27H,3-6,12-13,20-21H2,1-2H3,(H,32,36)/t27-/m1/s1. The number of hydrogen-bond donors (Lipinski definition) is 1. The van der Waals surface area contributed by atoms with E-state index in [-0.39, 0.29) is 18.5 Å². The number of nitrogens with zero attached hydrogens (tertiary/aromatic N) is 2. The third-order valence-electron chi connectivity index (χ3n) is 7.32. The number of halogens is 1. The molecule has 7 nitrogen and oxygen atoms in total. The summed E-state index contributed by atoms with van der Waals surface area (Å²) in [6, 6.07) is 17.7. The molecule has 1 aliphatic rings. The van der Waals surface area contributed by atoms with Gasteiger partial charge in [-0.1, -0.05) is 74.7 Å². The van der Waals surface area contributed by atoms with Crippen molar-refractivity contribution in [2.24, 2.45) is 0 Å². The van der Waals surface area contributed by atoms with Gasteiger partial charge in [0.15, 0.2) is 0 Å². The Morgan fingerprint density at radius 3 is 2.31 bits per heavy atom. The quantitative estimate of drug-likeness (QED) is 0.383. The first-order chi connectivity index (χ1) is 18.7. The molecule has 4 rings (SSSR count). The molecule has 3 aromatic rings. The van der Waals surface area contributed by atoms with Gasteiger partial charge in [0.2, 0.25) is 21.8 Å². The molecule has 0 radical (unpaired) electrons. The lowest BCUT2D eigenvalue weighted by atomic mass is 9.95. The Kier molecular flexibility index (Phi) is 9.22. The van der Waals surface area contributed by atoms with Crippen LogP contribution < -0.4 is 9.62 Å². The number of amides is 2. The molecule has 39 heavy (non-hydrogen) atoms. The van der Waals surface area contributed by atoms with Crippen LogP contribution in [0.1, 0.15) is 51.0 Å². The van der Waals surface area contributed by atoms with E-state index in [2.05, 4.69) is 5.32 Å². The van der Waals surface area contributed by atoms with E-state index in [1.807, 2.05) is 37.3 Å². The van der Waals surface area contributed by atoms with Gasteiger partial charge in [-0.05, 0) is 48.4 Å². The smallest absolute Gasteiger partial charge is 0.244 e. The lowest BCUT2D eigenvalue weighted by Gasteiger charge is -2.34. The van der Waals surface area contributed by atoms with E-state index in [1.54, 1.807) is 24.3 Å². The number of sulfonamides is 1. The van der Waals surface area contributed by atoms with E-state index in [1.165, 1.54) is 17.0 Å². The number of hydrogen-bond acceptors (Lipinski definition) is 4. The number of rotatable bonds is 10. The predicted octanol–water partition coefficient (Wildman–Crippen LogP) is 5.00. The highest BCUT2D eigenvalue weighted by molar-refractivity contribution is 7.92. The van der Waals surface area contributed by atoms with Crippen molar-refractivity contribution in [3.05, 3.63) is 78.1 Å². The van der Waals surface area contributed by atoms with E-state index < -0.39 is 34.3 Å². The van der Waals surface area contributed by atoms with Gasteiger partial charge >= 0.3 is 0 Å². The van der Waals surface area contributed by atoms with Crippen molar-refractivity contribution in [1.29, 1.82) is 0 Å².